The first-order valence-corrected chi connectivity index (χ1v) is 8.92. The molecule has 0 heterocycles. The summed E-state index contributed by atoms with van der Waals surface area (Å²) in [6.07, 6.45) is 14.7. The molecular weight excluding hydrogens is 284 g/mol. The second-order valence-electron chi connectivity index (χ2n) is 5.26. The van der Waals surface area contributed by atoms with Gasteiger partial charge < -0.3 is 11.5 Å². The standard InChI is InChI=1S/2C8H17NS/c2*1-2-3-4-5-6-7-8(9)10/h2*2-7H2,1H3,(H2,9,10). The highest BCUT2D eigenvalue weighted by Gasteiger charge is 1.90. The number of hydrogen-bond acceptors (Lipinski definition) is 2. The monoisotopic (exact) mass is 318 g/mol. The summed E-state index contributed by atoms with van der Waals surface area (Å²) >= 11 is 9.50. The Hall–Kier alpha value is -0.220. The van der Waals surface area contributed by atoms with E-state index < -0.39 is 0 Å². The van der Waals surface area contributed by atoms with Crippen molar-refractivity contribution in [2.75, 3.05) is 0 Å². The molecule has 0 aliphatic rings. The number of thiocarbonyl (C=S) groups is 2. The van der Waals surface area contributed by atoms with Crippen molar-refractivity contribution in [2.45, 2.75) is 90.9 Å². The lowest BCUT2D eigenvalue weighted by Gasteiger charge is -1.97. The van der Waals surface area contributed by atoms with E-state index in [0.717, 1.165) is 12.8 Å². The first-order chi connectivity index (χ1) is 9.54. The van der Waals surface area contributed by atoms with Gasteiger partial charge in [0.2, 0.25) is 0 Å². The van der Waals surface area contributed by atoms with E-state index in [1.807, 2.05) is 0 Å². The van der Waals surface area contributed by atoms with Crippen molar-refractivity contribution < 1.29 is 0 Å². The molecule has 2 nitrogen and oxygen atoms in total. The quantitative estimate of drug-likeness (QED) is 0.380. The van der Waals surface area contributed by atoms with Crippen LogP contribution in [-0.2, 0) is 0 Å². The fourth-order valence-electron chi connectivity index (χ4n) is 1.81. The summed E-state index contributed by atoms with van der Waals surface area (Å²) in [7, 11) is 0. The summed E-state index contributed by atoms with van der Waals surface area (Å²) in [5.41, 5.74) is 10.7. The van der Waals surface area contributed by atoms with Crippen molar-refractivity contribution in [1.29, 1.82) is 0 Å². The Bertz CT molecular complexity index is 207. The second kappa shape index (κ2) is 18.8. The normalized spacial score (nSPS) is 9.70. The van der Waals surface area contributed by atoms with Crippen LogP contribution in [0.1, 0.15) is 90.9 Å². The van der Waals surface area contributed by atoms with E-state index in [-0.39, 0.29) is 0 Å². The third-order valence-electron chi connectivity index (χ3n) is 3.05. The number of rotatable bonds is 12. The minimum Gasteiger partial charge on any atom is -0.393 e. The summed E-state index contributed by atoms with van der Waals surface area (Å²) in [5.74, 6) is 0. The van der Waals surface area contributed by atoms with Gasteiger partial charge in [0.25, 0.3) is 0 Å². The van der Waals surface area contributed by atoms with E-state index in [0.29, 0.717) is 9.98 Å². The minimum atomic E-state index is 0.663. The summed E-state index contributed by atoms with van der Waals surface area (Å²) in [5, 5.41) is 0. The summed E-state index contributed by atoms with van der Waals surface area (Å²) in [6, 6.07) is 0. The van der Waals surface area contributed by atoms with Gasteiger partial charge in [-0.1, -0.05) is 89.6 Å². The van der Waals surface area contributed by atoms with Gasteiger partial charge in [0.1, 0.15) is 0 Å². The molecule has 20 heavy (non-hydrogen) atoms. The molecule has 0 radical (unpaired) electrons. The SMILES string of the molecule is CCCCCCCC(N)=S.CCCCCCCC(N)=S. The number of unbranched alkanes of at least 4 members (excludes halogenated alkanes) is 8. The van der Waals surface area contributed by atoms with Crippen LogP contribution in [0.3, 0.4) is 0 Å². The third-order valence-corrected chi connectivity index (χ3v) is 3.46. The molecule has 4 heteroatoms. The zero-order chi connectivity index (χ0) is 15.6. The highest BCUT2D eigenvalue weighted by Crippen LogP contribution is 2.05. The Labute approximate surface area is 137 Å². The van der Waals surface area contributed by atoms with Crippen LogP contribution < -0.4 is 11.5 Å². The summed E-state index contributed by atoms with van der Waals surface area (Å²) in [6.45, 7) is 4.43. The van der Waals surface area contributed by atoms with Crippen molar-refractivity contribution in [2.24, 2.45) is 11.5 Å². The average molecular weight is 319 g/mol. The smallest absolute Gasteiger partial charge is 0.0727 e. The molecule has 0 aromatic rings. The van der Waals surface area contributed by atoms with Gasteiger partial charge in [-0.15, -0.1) is 0 Å². The maximum atomic E-state index is 5.34. The predicted octanol–water partition coefficient (Wildman–Crippen LogP) is 5.27. The van der Waals surface area contributed by atoms with Crippen molar-refractivity contribution in [3.8, 4) is 0 Å². The van der Waals surface area contributed by atoms with Crippen LogP contribution in [0.4, 0.5) is 0 Å². The number of hydrogen-bond donors (Lipinski definition) is 2. The fourth-order valence-corrected chi connectivity index (χ4v) is 2.09. The molecule has 0 spiro atoms. The van der Waals surface area contributed by atoms with Gasteiger partial charge in [-0.05, 0) is 25.7 Å². The lowest BCUT2D eigenvalue weighted by molar-refractivity contribution is 0.644. The van der Waals surface area contributed by atoms with Crippen LogP contribution in [0.5, 0.6) is 0 Å². The molecule has 0 amide bonds. The van der Waals surface area contributed by atoms with E-state index in [1.165, 1.54) is 64.2 Å². The zero-order valence-corrected chi connectivity index (χ0v) is 15.1. The van der Waals surface area contributed by atoms with Crippen molar-refractivity contribution >= 4 is 34.4 Å². The predicted molar refractivity (Wildman–Crippen MR) is 100 cm³/mol. The molecule has 120 valence electrons. The van der Waals surface area contributed by atoms with E-state index in [2.05, 4.69) is 13.8 Å². The summed E-state index contributed by atoms with van der Waals surface area (Å²) < 4.78 is 0. The molecule has 0 aliphatic heterocycles. The van der Waals surface area contributed by atoms with Crippen LogP contribution in [0.15, 0.2) is 0 Å². The highest BCUT2D eigenvalue weighted by atomic mass is 32.1. The van der Waals surface area contributed by atoms with E-state index in [4.69, 9.17) is 35.9 Å². The highest BCUT2D eigenvalue weighted by molar-refractivity contribution is 7.80. The maximum Gasteiger partial charge on any atom is 0.0727 e. The van der Waals surface area contributed by atoms with Gasteiger partial charge in [-0.25, -0.2) is 0 Å². The first-order valence-electron chi connectivity index (χ1n) is 8.11. The second-order valence-corrected chi connectivity index (χ2v) is 6.31. The van der Waals surface area contributed by atoms with Gasteiger partial charge in [0.15, 0.2) is 0 Å². The molecule has 4 N–H and O–H groups in total. The lowest BCUT2D eigenvalue weighted by Crippen LogP contribution is -2.06. The van der Waals surface area contributed by atoms with E-state index >= 15 is 0 Å². The maximum absolute atomic E-state index is 5.34. The zero-order valence-electron chi connectivity index (χ0n) is 13.5. The van der Waals surface area contributed by atoms with Gasteiger partial charge >= 0.3 is 0 Å². The van der Waals surface area contributed by atoms with Crippen molar-refractivity contribution in [3.05, 3.63) is 0 Å². The Balaban J connectivity index is 0. The third kappa shape index (κ3) is 26.4. The van der Waals surface area contributed by atoms with E-state index in [1.54, 1.807) is 0 Å². The Kier molecular flexibility index (Phi) is 20.7. The molecule has 0 unspecified atom stereocenters. The van der Waals surface area contributed by atoms with E-state index in [9.17, 15) is 0 Å². The van der Waals surface area contributed by atoms with Crippen LogP contribution in [-0.4, -0.2) is 9.98 Å². The first kappa shape index (κ1) is 22.1. The molecule has 0 saturated carbocycles. The van der Waals surface area contributed by atoms with Gasteiger partial charge in [-0.3, -0.25) is 0 Å². The summed E-state index contributed by atoms with van der Waals surface area (Å²) in [4.78, 5) is 1.33. The molecular formula is C16H34N2S2. The molecule has 0 rings (SSSR count). The molecule has 0 bridgehead atoms. The topological polar surface area (TPSA) is 52.0 Å². The average Bonchev–Trinajstić information content (AvgIpc) is 2.38. The van der Waals surface area contributed by atoms with Crippen LogP contribution in [0, 0.1) is 0 Å². The largest absolute Gasteiger partial charge is 0.393 e. The molecule has 0 aromatic heterocycles. The Morgan fingerprint density at radius 3 is 1.15 bits per heavy atom. The molecule has 0 fully saturated rings. The van der Waals surface area contributed by atoms with Crippen molar-refractivity contribution in [1.82, 2.24) is 0 Å². The Morgan fingerprint density at radius 2 is 0.900 bits per heavy atom. The molecule has 0 aliphatic carbocycles. The molecule has 0 saturated heterocycles. The van der Waals surface area contributed by atoms with Gasteiger partial charge in [0, 0.05) is 0 Å². The van der Waals surface area contributed by atoms with Gasteiger partial charge in [0.05, 0.1) is 9.98 Å². The Morgan fingerprint density at radius 1 is 0.600 bits per heavy atom. The van der Waals surface area contributed by atoms with Crippen LogP contribution >= 0.6 is 24.4 Å². The molecule has 0 aromatic carbocycles. The number of nitrogens with two attached hydrogens (primary N) is 2. The fraction of sp³-hybridized carbons (Fsp3) is 0.875. The lowest BCUT2D eigenvalue weighted by atomic mass is 10.1. The van der Waals surface area contributed by atoms with Crippen molar-refractivity contribution in [3.63, 3.8) is 0 Å². The van der Waals surface area contributed by atoms with Crippen LogP contribution in [0.2, 0.25) is 0 Å². The van der Waals surface area contributed by atoms with Gasteiger partial charge in [-0.2, -0.15) is 0 Å². The minimum absolute atomic E-state index is 0.663. The van der Waals surface area contributed by atoms with Crippen LogP contribution in [0.25, 0.3) is 0 Å². The molecule has 0 atom stereocenters.